The van der Waals surface area contributed by atoms with Crippen LogP contribution in [0.3, 0.4) is 0 Å². The van der Waals surface area contributed by atoms with Gasteiger partial charge in [-0.1, -0.05) is 13.8 Å². The van der Waals surface area contributed by atoms with E-state index >= 15 is 0 Å². The fraction of sp³-hybridized carbons (Fsp3) is 0.769. The van der Waals surface area contributed by atoms with Crippen LogP contribution in [0.25, 0.3) is 0 Å². The van der Waals surface area contributed by atoms with Crippen LogP contribution in [0.1, 0.15) is 39.9 Å². The van der Waals surface area contributed by atoms with Crippen molar-refractivity contribution in [3.63, 3.8) is 0 Å². The largest absolute Gasteiger partial charge is 0.355 e. The van der Waals surface area contributed by atoms with Gasteiger partial charge in [-0.15, -0.1) is 34.2 Å². The predicted octanol–water partition coefficient (Wildman–Crippen LogP) is 1.81. The summed E-state index contributed by atoms with van der Waals surface area (Å²) >= 11 is 0. The molecule has 0 bridgehead atoms. The van der Waals surface area contributed by atoms with E-state index in [4.69, 9.17) is 0 Å². The lowest BCUT2D eigenvalue weighted by molar-refractivity contribution is 0.621. The maximum Gasteiger partial charge on any atom is 0.191 e. The number of guanidine groups is 1. The summed E-state index contributed by atoms with van der Waals surface area (Å²) in [5, 5.41) is 14.7. The second-order valence-electron chi connectivity index (χ2n) is 4.75. The summed E-state index contributed by atoms with van der Waals surface area (Å²) in [5.41, 5.74) is 0. The Kier molecular flexibility index (Phi) is 10.4. The monoisotopic (exact) mass is 394 g/mol. The Morgan fingerprint density at radius 1 is 1.40 bits per heavy atom. The molecule has 1 aromatic rings. The predicted molar refractivity (Wildman–Crippen MR) is 93.7 cm³/mol. The summed E-state index contributed by atoms with van der Waals surface area (Å²) in [7, 11) is 0. The average molecular weight is 394 g/mol. The summed E-state index contributed by atoms with van der Waals surface area (Å²) in [6, 6.07) is 0.379. The van der Waals surface area contributed by atoms with Crippen LogP contribution in [-0.2, 0) is 13.0 Å². The van der Waals surface area contributed by atoms with Crippen molar-refractivity contribution >= 4 is 29.9 Å². The highest BCUT2D eigenvalue weighted by Crippen LogP contribution is 1.94. The minimum absolute atomic E-state index is 0. The minimum Gasteiger partial charge on any atom is -0.355 e. The van der Waals surface area contributed by atoms with Crippen LogP contribution >= 0.6 is 24.0 Å². The molecule has 0 aromatic carbocycles. The average Bonchev–Trinajstić information content (AvgIpc) is 2.82. The van der Waals surface area contributed by atoms with Crippen LogP contribution < -0.4 is 10.6 Å². The molecule has 7 heteroatoms. The number of rotatable bonds is 7. The van der Waals surface area contributed by atoms with E-state index in [1.807, 2.05) is 0 Å². The zero-order valence-corrected chi connectivity index (χ0v) is 15.2. The number of nitrogens with zero attached hydrogens (tertiary/aromatic N) is 4. The highest BCUT2D eigenvalue weighted by Gasteiger charge is 2.03. The Balaban J connectivity index is 0.00000361. The van der Waals surface area contributed by atoms with Crippen molar-refractivity contribution in [2.45, 2.75) is 53.1 Å². The lowest BCUT2D eigenvalue weighted by Gasteiger charge is -2.15. The molecule has 1 aromatic heterocycles. The van der Waals surface area contributed by atoms with E-state index in [2.05, 4.69) is 58.1 Å². The standard InChI is InChI=1S/C13H26N6.HI/c1-5-7-14-13(17-11(3)4)15-8-9-19-10-16-18-12(19)6-2;/h10-11H,5-9H2,1-4H3,(H2,14,15,17);1H. The summed E-state index contributed by atoms with van der Waals surface area (Å²) in [6.07, 6.45) is 3.73. The number of aliphatic imine (C=N–C) groups is 1. The van der Waals surface area contributed by atoms with Gasteiger partial charge in [0, 0.05) is 32.1 Å². The fourth-order valence-electron chi connectivity index (χ4n) is 1.68. The molecule has 0 aliphatic carbocycles. The summed E-state index contributed by atoms with van der Waals surface area (Å²) in [4.78, 5) is 4.50. The summed E-state index contributed by atoms with van der Waals surface area (Å²) < 4.78 is 2.07. The molecule has 0 atom stereocenters. The second-order valence-corrected chi connectivity index (χ2v) is 4.75. The molecule has 0 radical (unpaired) electrons. The van der Waals surface area contributed by atoms with Crippen LogP contribution in [0.5, 0.6) is 0 Å². The highest BCUT2D eigenvalue weighted by atomic mass is 127. The van der Waals surface area contributed by atoms with E-state index in [0.29, 0.717) is 6.04 Å². The van der Waals surface area contributed by atoms with Crippen LogP contribution in [0.4, 0.5) is 0 Å². The van der Waals surface area contributed by atoms with Crippen LogP contribution in [0, 0.1) is 0 Å². The first-order chi connectivity index (χ1) is 9.17. The number of hydrogen-bond donors (Lipinski definition) is 2. The third kappa shape index (κ3) is 7.06. The Morgan fingerprint density at radius 2 is 2.15 bits per heavy atom. The Hall–Kier alpha value is -0.860. The topological polar surface area (TPSA) is 67.1 Å². The quantitative estimate of drug-likeness (QED) is 0.421. The molecule has 0 unspecified atom stereocenters. The second kappa shape index (κ2) is 10.9. The summed E-state index contributed by atoms with van der Waals surface area (Å²) in [5.74, 6) is 1.90. The first-order valence-electron chi connectivity index (χ1n) is 7.08. The number of hydrogen-bond acceptors (Lipinski definition) is 3. The van der Waals surface area contributed by atoms with Gasteiger partial charge in [0.1, 0.15) is 12.2 Å². The van der Waals surface area contributed by atoms with Gasteiger partial charge < -0.3 is 15.2 Å². The third-order valence-electron chi connectivity index (χ3n) is 2.58. The molecule has 0 aliphatic rings. The van der Waals surface area contributed by atoms with E-state index in [1.54, 1.807) is 6.33 Å². The Bertz CT molecular complexity index is 388. The molecule has 0 aliphatic heterocycles. The molecule has 1 heterocycles. The van der Waals surface area contributed by atoms with Gasteiger partial charge in [0.05, 0.1) is 0 Å². The van der Waals surface area contributed by atoms with Gasteiger partial charge in [-0.3, -0.25) is 4.99 Å². The molecular weight excluding hydrogens is 367 g/mol. The molecule has 0 saturated carbocycles. The van der Waals surface area contributed by atoms with Gasteiger partial charge in [-0.05, 0) is 20.3 Å². The molecule has 0 spiro atoms. The third-order valence-corrected chi connectivity index (χ3v) is 2.58. The van der Waals surface area contributed by atoms with Crippen molar-refractivity contribution in [1.29, 1.82) is 0 Å². The van der Waals surface area contributed by atoms with Crippen LogP contribution in [0.2, 0.25) is 0 Å². The lowest BCUT2D eigenvalue weighted by atomic mass is 10.4. The number of nitrogens with one attached hydrogen (secondary N) is 2. The fourth-order valence-corrected chi connectivity index (χ4v) is 1.68. The van der Waals surface area contributed by atoms with E-state index in [9.17, 15) is 0 Å². The maximum absolute atomic E-state index is 4.50. The molecule has 1 rings (SSSR count). The van der Waals surface area contributed by atoms with Gasteiger partial charge in [-0.2, -0.15) is 0 Å². The molecule has 6 nitrogen and oxygen atoms in total. The van der Waals surface area contributed by atoms with E-state index in [0.717, 1.165) is 44.3 Å². The van der Waals surface area contributed by atoms with E-state index < -0.39 is 0 Å². The van der Waals surface area contributed by atoms with Gasteiger partial charge >= 0.3 is 0 Å². The van der Waals surface area contributed by atoms with Gasteiger partial charge in [-0.25, -0.2) is 0 Å². The van der Waals surface area contributed by atoms with Gasteiger partial charge in [0.25, 0.3) is 0 Å². The smallest absolute Gasteiger partial charge is 0.191 e. The van der Waals surface area contributed by atoms with Crippen LogP contribution in [-0.4, -0.2) is 39.9 Å². The van der Waals surface area contributed by atoms with Gasteiger partial charge in [0.2, 0.25) is 0 Å². The number of halogens is 1. The van der Waals surface area contributed by atoms with Crippen molar-refractivity contribution in [1.82, 2.24) is 25.4 Å². The summed E-state index contributed by atoms with van der Waals surface area (Å²) in [6.45, 7) is 10.9. The lowest BCUT2D eigenvalue weighted by Crippen LogP contribution is -2.42. The SMILES string of the molecule is CCCN=C(NCCn1cnnc1CC)NC(C)C.I. The van der Waals surface area contributed by atoms with Crippen molar-refractivity contribution < 1.29 is 0 Å². The zero-order valence-electron chi connectivity index (χ0n) is 12.9. The minimum atomic E-state index is 0. The number of aromatic nitrogens is 3. The van der Waals surface area contributed by atoms with Crippen LogP contribution in [0.15, 0.2) is 11.3 Å². The highest BCUT2D eigenvalue weighted by molar-refractivity contribution is 14.0. The van der Waals surface area contributed by atoms with Crippen molar-refractivity contribution in [2.24, 2.45) is 4.99 Å². The molecule has 116 valence electrons. The van der Waals surface area contributed by atoms with Gasteiger partial charge in [0.15, 0.2) is 5.96 Å². The first kappa shape index (κ1) is 19.1. The zero-order chi connectivity index (χ0) is 14.1. The molecule has 2 N–H and O–H groups in total. The van der Waals surface area contributed by atoms with E-state index in [-0.39, 0.29) is 24.0 Å². The Labute approximate surface area is 138 Å². The van der Waals surface area contributed by atoms with Crippen molar-refractivity contribution in [2.75, 3.05) is 13.1 Å². The molecule has 0 fully saturated rings. The molecule has 20 heavy (non-hydrogen) atoms. The molecule has 0 saturated heterocycles. The molecule has 0 amide bonds. The first-order valence-corrected chi connectivity index (χ1v) is 7.08. The molecular formula is C13H27IN6. The Morgan fingerprint density at radius 3 is 2.75 bits per heavy atom. The van der Waals surface area contributed by atoms with E-state index in [1.165, 1.54) is 0 Å². The number of aryl methyl sites for hydroxylation is 1. The van der Waals surface area contributed by atoms with Crippen molar-refractivity contribution in [3.05, 3.63) is 12.2 Å². The normalized spacial score (nSPS) is 11.3. The maximum atomic E-state index is 4.50. The van der Waals surface area contributed by atoms with Crippen molar-refractivity contribution in [3.8, 4) is 0 Å².